The van der Waals surface area contributed by atoms with Crippen LogP contribution in [0.5, 0.6) is 0 Å². The minimum absolute atomic E-state index is 0.0331. The van der Waals surface area contributed by atoms with Gasteiger partial charge in [-0.1, -0.05) is 13.8 Å². The third-order valence-electron chi connectivity index (χ3n) is 3.86. The maximum Gasteiger partial charge on any atom is 0.352 e. The van der Waals surface area contributed by atoms with Crippen molar-refractivity contribution in [3.05, 3.63) is 24.1 Å². The first-order valence-electron chi connectivity index (χ1n) is 8.39. The van der Waals surface area contributed by atoms with Gasteiger partial charge in [0.2, 0.25) is 5.91 Å². The summed E-state index contributed by atoms with van der Waals surface area (Å²) in [5.74, 6) is -2.30. The highest BCUT2D eigenvalue weighted by Crippen LogP contribution is 2.21. The molecule has 1 atom stereocenters. The van der Waals surface area contributed by atoms with Gasteiger partial charge in [-0.05, 0) is 5.92 Å². The van der Waals surface area contributed by atoms with Gasteiger partial charge in [0.25, 0.3) is 0 Å². The molecule has 10 heteroatoms. The molecule has 0 fully saturated rings. The molecule has 2 aromatic heterocycles. The summed E-state index contributed by atoms with van der Waals surface area (Å²) >= 11 is 0. The highest BCUT2D eigenvalue weighted by atomic mass is 16.6. The first-order valence-corrected chi connectivity index (χ1v) is 8.39. The van der Waals surface area contributed by atoms with Crippen LogP contribution in [-0.4, -0.2) is 53.3 Å². The van der Waals surface area contributed by atoms with Crippen LogP contribution in [0, 0.1) is 5.92 Å². The number of furan rings is 1. The van der Waals surface area contributed by atoms with E-state index in [1.165, 1.54) is 16.9 Å². The Morgan fingerprint density at radius 1 is 1.33 bits per heavy atom. The van der Waals surface area contributed by atoms with Gasteiger partial charge in [0.1, 0.15) is 25.1 Å². The van der Waals surface area contributed by atoms with Crippen molar-refractivity contribution in [1.82, 2.24) is 9.88 Å². The van der Waals surface area contributed by atoms with Gasteiger partial charge < -0.3 is 34.6 Å². The van der Waals surface area contributed by atoms with Gasteiger partial charge in [-0.25, -0.2) is 9.59 Å². The SMILES string of the molecule is CC(C)[C@@H](NC(=O)CN)C(=O)OCCOCn1c(C(=O)O)cc2occc21. The lowest BCUT2D eigenvalue weighted by Crippen LogP contribution is -2.47. The van der Waals surface area contributed by atoms with E-state index in [4.69, 9.17) is 19.6 Å². The average Bonchev–Trinajstić information content (AvgIpc) is 3.20. The molecule has 2 heterocycles. The second kappa shape index (κ2) is 9.19. The average molecular weight is 381 g/mol. The lowest BCUT2D eigenvalue weighted by Gasteiger charge is -2.20. The molecule has 27 heavy (non-hydrogen) atoms. The molecular formula is C17H23N3O7. The number of carboxylic acids is 1. The number of nitrogens with two attached hydrogens (primary N) is 1. The Kier molecular flexibility index (Phi) is 6.97. The summed E-state index contributed by atoms with van der Waals surface area (Å²) in [6.07, 6.45) is 1.45. The molecule has 0 unspecified atom stereocenters. The normalized spacial score (nSPS) is 12.3. The smallest absolute Gasteiger partial charge is 0.352 e. The number of aromatic nitrogens is 1. The number of ether oxygens (including phenoxy) is 2. The van der Waals surface area contributed by atoms with E-state index in [0.29, 0.717) is 11.1 Å². The molecule has 2 aromatic rings. The molecule has 2 rings (SSSR count). The van der Waals surface area contributed by atoms with Crippen molar-refractivity contribution in [3.8, 4) is 0 Å². The first-order chi connectivity index (χ1) is 12.8. The van der Waals surface area contributed by atoms with Gasteiger partial charge in [-0.15, -0.1) is 0 Å². The number of nitrogens with one attached hydrogen (secondary N) is 1. The van der Waals surface area contributed by atoms with Crippen LogP contribution in [0.4, 0.5) is 0 Å². The van der Waals surface area contributed by atoms with Gasteiger partial charge >= 0.3 is 11.9 Å². The predicted molar refractivity (Wildman–Crippen MR) is 93.9 cm³/mol. The third-order valence-corrected chi connectivity index (χ3v) is 3.86. The highest BCUT2D eigenvalue weighted by Gasteiger charge is 2.25. The third kappa shape index (κ3) is 5.08. The largest absolute Gasteiger partial charge is 0.477 e. The molecular weight excluding hydrogens is 358 g/mol. The Hall–Kier alpha value is -2.85. The van der Waals surface area contributed by atoms with Crippen molar-refractivity contribution in [2.45, 2.75) is 26.6 Å². The second-order valence-corrected chi connectivity index (χ2v) is 6.13. The number of rotatable bonds is 10. The van der Waals surface area contributed by atoms with Crippen LogP contribution >= 0.6 is 0 Å². The van der Waals surface area contributed by atoms with E-state index < -0.39 is 23.9 Å². The minimum Gasteiger partial charge on any atom is -0.477 e. The molecule has 0 saturated carbocycles. The summed E-state index contributed by atoms with van der Waals surface area (Å²) in [5.41, 5.74) is 6.30. The zero-order valence-electron chi connectivity index (χ0n) is 15.1. The number of amides is 1. The van der Waals surface area contributed by atoms with E-state index in [1.54, 1.807) is 19.9 Å². The number of carbonyl (C=O) groups excluding carboxylic acids is 2. The topological polar surface area (TPSA) is 146 Å². The van der Waals surface area contributed by atoms with Crippen LogP contribution in [-0.2, 0) is 25.8 Å². The van der Waals surface area contributed by atoms with E-state index in [2.05, 4.69) is 5.32 Å². The lowest BCUT2D eigenvalue weighted by atomic mass is 10.0. The van der Waals surface area contributed by atoms with Gasteiger partial charge in [0.15, 0.2) is 5.58 Å². The zero-order chi connectivity index (χ0) is 20.0. The van der Waals surface area contributed by atoms with Crippen molar-refractivity contribution in [1.29, 1.82) is 0 Å². The number of fused-ring (bicyclic) bond motifs is 1. The fourth-order valence-electron chi connectivity index (χ4n) is 2.47. The molecule has 0 aromatic carbocycles. The van der Waals surface area contributed by atoms with Crippen molar-refractivity contribution in [2.24, 2.45) is 11.7 Å². The maximum atomic E-state index is 12.1. The molecule has 0 saturated heterocycles. The van der Waals surface area contributed by atoms with E-state index in [1.807, 2.05) is 0 Å². The summed E-state index contributed by atoms with van der Waals surface area (Å²) in [6.45, 7) is 3.30. The summed E-state index contributed by atoms with van der Waals surface area (Å²) in [7, 11) is 0. The Labute approximate surface area is 155 Å². The molecule has 1 amide bonds. The van der Waals surface area contributed by atoms with Crippen LogP contribution in [0.2, 0.25) is 0 Å². The molecule has 0 spiro atoms. The second-order valence-electron chi connectivity index (χ2n) is 6.13. The van der Waals surface area contributed by atoms with Crippen LogP contribution in [0.3, 0.4) is 0 Å². The van der Waals surface area contributed by atoms with Crippen molar-refractivity contribution < 1.29 is 33.4 Å². The molecule has 0 aliphatic rings. The molecule has 4 N–H and O–H groups in total. The maximum absolute atomic E-state index is 12.1. The van der Waals surface area contributed by atoms with Crippen molar-refractivity contribution in [3.63, 3.8) is 0 Å². The minimum atomic E-state index is -1.10. The standard InChI is InChI=1S/C17H23N3O7/c1-10(2)15(19-14(21)8-18)17(24)27-6-5-25-9-20-11-3-4-26-13(11)7-12(20)16(22)23/h3-4,7,10,15H,5-6,8-9,18H2,1-2H3,(H,19,21)(H,22,23)/t15-/m1/s1. The molecule has 0 aliphatic carbocycles. The quantitative estimate of drug-likeness (QED) is 0.399. The summed E-state index contributed by atoms with van der Waals surface area (Å²) < 4.78 is 17.2. The van der Waals surface area contributed by atoms with Crippen LogP contribution in [0.25, 0.3) is 11.1 Å². The highest BCUT2D eigenvalue weighted by molar-refractivity contribution is 5.92. The zero-order valence-corrected chi connectivity index (χ0v) is 15.1. The van der Waals surface area contributed by atoms with Crippen LogP contribution in [0.1, 0.15) is 24.3 Å². The van der Waals surface area contributed by atoms with Crippen molar-refractivity contribution in [2.75, 3.05) is 19.8 Å². The fourth-order valence-corrected chi connectivity index (χ4v) is 2.47. The lowest BCUT2D eigenvalue weighted by molar-refractivity contribution is -0.150. The van der Waals surface area contributed by atoms with E-state index >= 15 is 0 Å². The molecule has 10 nitrogen and oxygen atoms in total. The predicted octanol–water partition coefficient (Wildman–Crippen LogP) is 0.549. The number of esters is 1. The van der Waals surface area contributed by atoms with Gasteiger partial charge in [0.05, 0.1) is 24.9 Å². The first kappa shape index (κ1) is 20.5. The molecule has 0 bridgehead atoms. The van der Waals surface area contributed by atoms with E-state index in [0.717, 1.165) is 0 Å². The molecule has 0 aliphatic heterocycles. The number of hydrogen-bond donors (Lipinski definition) is 3. The van der Waals surface area contributed by atoms with Gasteiger partial charge in [0, 0.05) is 12.1 Å². The van der Waals surface area contributed by atoms with Crippen LogP contribution < -0.4 is 11.1 Å². The fraction of sp³-hybridized carbons (Fsp3) is 0.471. The Balaban J connectivity index is 1.84. The number of aromatic carboxylic acids is 1. The number of hydrogen-bond acceptors (Lipinski definition) is 7. The Morgan fingerprint density at radius 3 is 2.70 bits per heavy atom. The number of nitrogens with zero attached hydrogens (tertiary/aromatic N) is 1. The monoisotopic (exact) mass is 381 g/mol. The van der Waals surface area contributed by atoms with Crippen molar-refractivity contribution >= 4 is 28.9 Å². The summed E-state index contributed by atoms with van der Waals surface area (Å²) in [6, 6.07) is 2.25. The van der Waals surface area contributed by atoms with E-state index in [9.17, 15) is 19.5 Å². The van der Waals surface area contributed by atoms with E-state index in [-0.39, 0.29) is 38.1 Å². The summed E-state index contributed by atoms with van der Waals surface area (Å²) in [5, 5.41) is 11.7. The Bertz CT molecular complexity index is 809. The van der Waals surface area contributed by atoms with Gasteiger partial charge in [-0.3, -0.25) is 4.79 Å². The summed E-state index contributed by atoms with van der Waals surface area (Å²) in [4.78, 5) is 34.8. The Morgan fingerprint density at radius 2 is 2.07 bits per heavy atom. The molecule has 148 valence electrons. The molecule has 0 radical (unpaired) electrons. The van der Waals surface area contributed by atoms with Crippen LogP contribution in [0.15, 0.2) is 22.8 Å². The number of carboxylic acid groups (broad SMARTS) is 1. The number of carbonyl (C=O) groups is 3. The van der Waals surface area contributed by atoms with Gasteiger partial charge in [-0.2, -0.15) is 0 Å².